The lowest BCUT2D eigenvalue weighted by atomic mass is 9.95. The van der Waals surface area contributed by atoms with Crippen LogP contribution in [0.1, 0.15) is 67.8 Å². The van der Waals surface area contributed by atoms with Crippen molar-refractivity contribution in [1.29, 1.82) is 0 Å². The average Bonchev–Trinajstić information content (AvgIpc) is 2.93. The Morgan fingerprint density at radius 3 is 2.51 bits per heavy atom. The Balaban J connectivity index is 1.54. The highest BCUT2D eigenvalue weighted by Crippen LogP contribution is 2.50. The van der Waals surface area contributed by atoms with Crippen molar-refractivity contribution in [2.45, 2.75) is 76.5 Å². The number of amides is 1. The maximum Gasteiger partial charge on any atom is 0.251 e. The lowest BCUT2D eigenvalue weighted by molar-refractivity contribution is 0.0821. The van der Waals surface area contributed by atoms with E-state index in [4.69, 9.17) is 11.6 Å². The molecule has 2 atom stereocenters. The zero-order valence-electron chi connectivity index (χ0n) is 22.7. The highest BCUT2D eigenvalue weighted by atomic mass is 35.5. The van der Waals surface area contributed by atoms with Gasteiger partial charge in [-0.05, 0) is 74.9 Å². The first-order valence-electron chi connectivity index (χ1n) is 14.1. The standard InChI is InChI=1S/C29H43ClN4O4S/c1-2-31-25-17-22(18-26(19-25)34-14-6-7-15-39(34,37)38)29(36)33-27(16-21-10-12-23(30)13-11-21)28(35)20-32-24-8-4-3-5-9-24/h10-13,17-19,24,27-28,31-32,35,37-38H,2-9,14-16,20H2,1H3,(H,33,36)/t27-,28-/m0/s1. The molecule has 0 unspecified atom stereocenters. The second-order valence-corrected chi connectivity index (χ2v) is 13.2. The number of hydrogen-bond donors (Lipinski definition) is 6. The Morgan fingerprint density at radius 1 is 1.08 bits per heavy atom. The largest absolute Gasteiger partial charge is 0.390 e. The van der Waals surface area contributed by atoms with E-state index < -0.39 is 22.9 Å². The van der Waals surface area contributed by atoms with Gasteiger partial charge in [0.05, 0.1) is 23.6 Å². The Morgan fingerprint density at radius 2 is 1.82 bits per heavy atom. The van der Waals surface area contributed by atoms with Gasteiger partial charge >= 0.3 is 0 Å². The molecular weight excluding hydrogens is 536 g/mol. The van der Waals surface area contributed by atoms with Crippen molar-refractivity contribution in [1.82, 2.24) is 10.6 Å². The molecule has 0 radical (unpaired) electrons. The van der Waals surface area contributed by atoms with E-state index in [0.29, 0.717) is 54.1 Å². The molecule has 2 aliphatic rings. The summed E-state index contributed by atoms with van der Waals surface area (Å²) in [6, 6.07) is 12.6. The molecule has 1 saturated heterocycles. The fraction of sp³-hybridized carbons (Fsp3) is 0.552. The van der Waals surface area contributed by atoms with E-state index >= 15 is 0 Å². The zero-order chi connectivity index (χ0) is 27.8. The summed E-state index contributed by atoms with van der Waals surface area (Å²) in [7, 11) is -2.93. The number of hydrogen-bond acceptors (Lipinski definition) is 7. The third-order valence-electron chi connectivity index (χ3n) is 7.60. The van der Waals surface area contributed by atoms with Crippen LogP contribution in [-0.4, -0.2) is 63.7 Å². The van der Waals surface area contributed by atoms with Crippen LogP contribution in [0.3, 0.4) is 0 Å². The van der Waals surface area contributed by atoms with Crippen molar-refractivity contribution < 1.29 is 19.0 Å². The second-order valence-electron chi connectivity index (χ2n) is 10.7. The quantitative estimate of drug-likeness (QED) is 0.204. The maximum atomic E-state index is 13.6. The van der Waals surface area contributed by atoms with E-state index in [9.17, 15) is 19.0 Å². The van der Waals surface area contributed by atoms with Crippen LogP contribution in [0.25, 0.3) is 0 Å². The minimum absolute atomic E-state index is 0.319. The number of carbonyl (C=O) groups is 1. The first-order valence-corrected chi connectivity index (χ1v) is 16.2. The van der Waals surface area contributed by atoms with Gasteiger partial charge in [-0.1, -0.05) is 43.0 Å². The highest BCUT2D eigenvalue weighted by Gasteiger charge is 2.29. The molecule has 6 N–H and O–H groups in total. The topological polar surface area (TPSA) is 117 Å². The van der Waals surface area contributed by atoms with Gasteiger partial charge in [0.2, 0.25) is 0 Å². The van der Waals surface area contributed by atoms with E-state index in [1.165, 1.54) is 19.3 Å². The van der Waals surface area contributed by atoms with Crippen LogP contribution < -0.4 is 20.3 Å². The van der Waals surface area contributed by atoms with Gasteiger partial charge < -0.3 is 21.1 Å². The van der Waals surface area contributed by atoms with Crippen molar-refractivity contribution in [3.05, 3.63) is 58.6 Å². The number of halogens is 1. The SMILES string of the molecule is CCNc1cc(C(=O)N[C@@H](Cc2ccc(Cl)cc2)[C@@H](O)CNC2CCCCC2)cc(N2CCCCS2(O)O)c1. The van der Waals surface area contributed by atoms with Gasteiger partial charge in [-0.2, -0.15) is 0 Å². The van der Waals surface area contributed by atoms with Gasteiger partial charge in [0.1, 0.15) is 0 Å². The number of nitrogens with zero attached hydrogens (tertiary/aromatic N) is 1. The van der Waals surface area contributed by atoms with Crippen LogP contribution in [0, 0.1) is 0 Å². The van der Waals surface area contributed by atoms with E-state index in [1.54, 1.807) is 16.4 Å². The predicted molar refractivity (Wildman–Crippen MR) is 162 cm³/mol. The number of aliphatic hydroxyl groups excluding tert-OH is 1. The molecule has 2 fully saturated rings. The number of nitrogens with one attached hydrogen (secondary N) is 3. The van der Waals surface area contributed by atoms with Gasteiger partial charge in [0.25, 0.3) is 5.91 Å². The third kappa shape index (κ3) is 8.49. The van der Waals surface area contributed by atoms with Crippen molar-refractivity contribution in [3.63, 3.8) is 0 Å². The highest BCUT2D eigenvalue weighted by molar-refractivity contribution is 8.25. The van der Waals surface area contributed by atoms with E-state index in [-0.39, 0.29) is 5.91 Å². The summed E-state index contributed by atoms with van der Waals surface area (Å²) in [5.41, 5.74) is 2.70. The monoisotopic (exact) mass is 578 g/mol. The minimum atomic E-state index is -2.93. The fourth-order valence-electron chi connectivity index (χ4n) is 5.44. The first-order chi connectivity index (χ1) is 18.7. The second kappa shape index (κ2) is 14.1. The van der Waals surface area contributed by atoms with Crippen molar-refractivity contribution in [2.75, 3.05) is 35.0 Å². The van der Waals surface area contributed by atoms with E-state index in [1.807, 2.05) is 37.3 Å². The summed E-state index contributed by atoms with van der Waals surface area (Å²) in [5.74, 6) is 0.00345. The van der Waals surface area contributed by atoms with E-state index in [2.05, 4.69) is 16.0 Å². The van der Waals surface area contributed by atoms with Crippen molar-refractivity contribution >= 4 is 39.7 Å². The van der Waals surface area contributed by atoms with Crippen LogP contribution >= 0.6 is 22.4 Å². The summed E-state index contributed by atoms with van der Waals surface area (Å²) in [6.07, 6.45) is 7.14. The molecule has 1 saturated carbocycles. The molecule has 1 aliphatic heterocycles. The summed E-state index contributed by atoms with van der Waals surface area (Å²) < 4.78 is 23.0. The molecule has 8 nitrogen and oxygen atoms in total. The van der Waals surface area contributed by atoms with Gasteiger partial charge in [-0.3, -0.25) is 18.2 Å². The van der Waals surface area contributed by atoms with Crippen LogP contribution in [0.5, 0.6) is 0 Å². The molecule has 1 amide bonds. The summed E-state index contributed by atoms with van der Waals surface area (Å²) in [5, 5.41) is 21.7. The molecule has 216 valence electrons. The van der Waals surface area contributed by atoms with Gasteiger partial charge in [-0.25, -0.2) is 0 Å². The molecule has 39 heavy (non-hydrogen) atoms. The molecule has 2 aromatic rings. The van der Waals surface area contributed by atoms with Crippen LogP contribution in [-0.2, 0) is 6.42 Å². The fourth-order valence-corrected chi connectivity index (χ4v) is 7.25. The van der Waals surface area contributed by atoms with E-state index in [0.717, 1.165) is 36.9 Å². The summed E-state index contributed by atoms with van der Waals surface area (Å²) >= 11 is 6.08. The Bertz CT molecular complexity index is 1080. The molecular formula is C29H43ClN4O4S. The Kier molecular flexibility index (Phi) is 10.8. The molecule has 1 aliphatic carbocycles. The minimum Gasteiger partial charge on any atom is -0.390 e. The summed E-state index contributed by atoms with van der Waals surface area (Å²) in [4.78, 5) is 13.6. The molecule has 0 aromatic heterocycles. The average molecular weight is 579 g/mol. The number of rotatable bonds is 11. The molecule has 4 rings (SSSR count). The maximum absolute atomic E-state index is 13.6. The molecule has 0 bridgehead atoms. The molecule has 10 heteroatoms. The van der Waals surface area contributed by atoms with Gasteiger partial charge in [0.15, 0.2) is 0 Å². The molecule has 0 spiro atoms. The van der Waals surface area contributed by atoms with Crippen molar-refractivity contribution in [3.8, 4) is 0 Å². The smallest absolute Gasteiger partial charge is 0.251 e. The Hall–Kier alpha value is -2.01. The Labute approximate surface area is 239 Å². The number of anilines is 2. The lowest BCUT2D eigenvalue weighted by Crippen LogP contribution is -2.50. The number of benzene rings is 2. The number of aliphatic hydroxyl groups is 1. The van der Waals surface area contributed by atoms with Crippen LogP contribution in [0.4, 0.5) is 11.4 Å². The normalized spacial score (nSPS) is 20.2. The van der Waals surface area contributed by atoms with Gasteiger partial charge in [0, 0.05) is 41.9 Å². The summed E-state index contributed by atoms with van der Waals surface area (Å²) in [6.45, 7) is 3.54. The zero-order valence-corrected chi connectivity index (χ0v) is 24.3. The molecule has 2 aromatic carbocycles. The first kappa shape index (κ1) is 30.0. The van der Waals surface area contributed by atoms with Crippen LogP contribution in [0.2, 0.25) is 5.02 Å². The molecule has 1 heterocycles. The number of carbonyl (C=O) groups excluding carboxylic acids is 1. The predicted octanol–water partition coefficient (Wildman–Crippen LogP) is 5.66. The van der Waals surface area contributed by atoms with Crippen molar-refractivity contribution in [2.24, 2.45) is 0 Å². The van der Waals surface area contributed by atoms with Crippen LogP contribution in [0.15, 0.2) is 42.5 Å². The third-order valence-corrected chi connectivity index (χ3v) is 9.79. The van der Waals surface area contributed by atoms with Gasteiger partial charge in [-0.15, -0.1) is 10.8 Å². The lowest BCUT2D eigenvalue weighted by Gasteiger charge is -2.47.